The van der Waals surface area contributed by atoms with Crippen molar-refractivity contribution in [3.63, 3.8) is 0 Å². The van der Waals surface area contributed by atoms with E-state index >= 15 is 0 Å². The number of benzene rings is 1. The number of likely N-dealkylation sites (tertiary alicyclic amines) is 1. The van der Waals surface area contributed by atoms with Gasteiger partial charge >= 0.3 is 0 Å². The van der Waals surface area contributed by atoms with E-state index in [2.05, 4.69) is 15.5 Å². The summed E-state index contributed by atoms with van der Waals surface area (Å²) in [5.74, 6) is 1.19. The first kappa shape index (κ1) is 15.4. The van der Waals surface area contributed by atoms with Gasteiger partial charge in [-0.25, -0.2) is 4.68 Å². The second-order valence-corrected chi connectivity index (χ2v) is 6.63. The molecular formula is C16H18ClN5O2. The fourth-order valence-corrected chi connectivity index (χ4v) is 3.41. The fraction of sp³-hybridized carbons (Fsp3) is 0.500. The number of carbonyl (C=O) groups is 1. The molecule has 1 fully saturated rings. The van der Waals surface area contributed by atoms with Crippen LogP contribution >= 0.6 is 11.6 Å². The molecule has 0 aliphatic carbocycles. The maximum absolute atomic E-state index is 12.8. The number of carbonyl (C=O) groups excluding carboxylic acids is 1. The molecule has 0 saturated carbocycles. The Bertz CT molecular complexity index is 744. The van der Waals surface area contributed by atoms with Crippen LogP contribution in [-0.4, -0.2) is 50.2 Å². The maximum atomic E-state index is 12.8. The second kappa shape index (κ2) is 6.39. The van der Waals surface area contributed by atoms with Gasteiger partial charge in [-0.1, -0.05) is 30.2 Å². The van der Waals surface area contributed by atoms with Crippen molar-refractivity contribution < 1.29 is 9.53 Å². The van der Waals surface area contributed by atoms with Crippen molar-refractivity contribution in [1.29, 1.82) is 0 Å². The van der Waals surface area contributed by atoms with Gasteiger partial charge in [0.05, 0.1) is 24.0 Å². The molecule has 0 radical (unpaired) electrons. The number of hydrogen-bond acceptors (Lipinski definition) is 5. The largest absolute Gasteiger partial charge is 0.485 e. The van der Waals surface area contributed by atoms with Crippen molar-refractivity contribution in [1.82, 2.24) is 25.1 Å². The third-order valence-corrected chi connectivity index (χ3v) is 4.88. The smallest absolute Gasteiger partial charge is 0.233 e. The number of aryl methyl sites for hydroxylation is 1. The highest BCUT2D eigenvalue weighted by Crippen LogP contribution is 2.30. The number of rotatable bonds is 3. The van der Waals surface area contributed by atoms with Gasteiger partial charge in [-0.05, 0) is 35.4 Å². The molecule has 1 aromatic heterocycles. The van der Waals surface area contributed by atoms with Crippen molar-refractivity contribution in [3.05, 3.63) is 35.1 Å². The van der Waals surface area contributed by atoms with Crippen molar-refractivity contribution in [2.45, 2.75) is 37.8 Å². The standard InChI is InChI=1S/C16H18ClN5O2/c17-13-6-1-2-7-14(13)24-11-9-21(10-11)16(23)12-5-3-4-8-22-15(12)18-19-20-22/h1-2,6-7,11-12H,3-5,8-10H2/t12-/m1/s1. The molecule has 1 atom stereocenters. The Morgan fingerprint density at radius 2 is 2.08 bits per heavy atom. The van der Waals surface area contributed by atoms with E-state index in [0.29, 0.717) is 29.7 Å². The Morgan fingerprint density at radius 1 is 1.25 bits per heavy atom. The number of amides is 1. The van der Waals surface area contributed by atoms with Gasteiger partial charge in [-0.2, -0.15) is 0 Å². The Kier molecular flexibility index (Phi) is 4.10. The molecule has 8 heteroatoms. The van der Waals surface area contributed by atoms with Gasteiger partial charge in [0.15, 0.2) is 5.82 Å². The third kappa shape index (κ3) is 2.84. The fourth-order valence-electron chi connectivity index (χ4n) is 3.23. The van der Waals surface area contributed by atoms with Crippen LogP contribution in [0, 0.1) is 0 Å². The summed E-state index contributed by atoms with van der Waals surface area (Å²) >= 11 is 6.10. The third-order valence-electron chi connectivity index (χ3n) is 4.57. The Balaban J connectivity index is 1.39. The van der Waals surface area contributed by atoms with Crippen LogP contribution in [0.5, 0.6) is 5.75 Å². The SMILES string of the molecule is O=C([C@@H]1CCCCn2nnnc21)N1CC(Oc2ccccc2Cl)C1. The van der Waals surface area contributed by atoms with Crippen LogP contribution in [0.4, 0.5) is 0 Å². The number of fused-ring (bicyclic) bond motifs is 1. The normalized spacial score (nSPS) is 20.9. The monoisotopic (exact) mass is 347 g/mol. The van der Waals surface area contributed by atoms with Crippen LogP contribution in [0.25, 0.3) is 0 Å². The van der Waals surface area contributed by atoms with E-state index in [1.807, 2.05) is 23.1 Å². The summed E-state index contributed by atoms with van der Waals surface area (Å²) in [4.78, 5) is 14.6. The summed E-state index contributed by atoms with van der Waals surface area (Å²) < 4.78 is 7.61. The Labute approximate surface area is 144 Å². The van der Waals surface area contributed by atoms with Gasteiger partial charge in [0, 0.05) is 6.54 Å². The average molecular weight is 348 g/mol. The van der Waals surface area contributed by atoms with Crippen molar-refractivity contribution in [2.75, 3.05) is 13.1 Å². The van der Waals surface area contributed by atoms with Crippen LogP contribution in [0.15, 0.2) is 24.3 Å². The van der Waals surface area contributed by atoms with Gasteiger partial charge in [-0.3, -0.25) is 4.79 Å². The quantitative estimate of drug-likeness (QED) is 0.847. The van der Waals surface area contributed by atoms with E-state index in [4.69, 9.17) is 16.3 Å². The minimum absolute atomic E-state index is 0.0179. The number of tetrazole rings is 1. The maximum Gasteiger partial charge on any atom is 0.233 e. The summed E-state index contributed by atoms with van der Waals surface area (Å²) in [7, 11) is 0. The van der Waals surface area contributed by atoms with Gasteiger partial charge in [0.1, 0.15) is 11.9 Å². The minimum Gasteiger partial charge on any atom is -0.485 e. The van der Waals surface area contributed by atoms with Gasteiger partial charge in [-0.15, -0.1) is 5.10 Å². The lowest BCUT2D eigenvalue weighted by Crippen LogP contribution is -2.57. The van der Waals surface area contributed by atoms with Gasteiger partial charge < -0.3 is 9.64 Å². The van der Waals surface area contributed by atoms with E-state index in [9.17, 15) is 4.79 Å². The van der Waals surface area contributed by atoms with Crippen LogP contribution < -0.4 is 4.74 Å². The van der Waals surface area contributed by atoms with E-state index in [1.54, 1.807) is 10.7 Å². The zero-order valence-corrected chi connectivity index (χ0v) is 13.9. The minimum atomic E-state index is -0.247. The van der Waals surface area contributed by atoms with Crippen LogP contribution in [0.2, 0.25) is 5.02 Å². The molecular weight excluding hydrogens is 330 g/mol. The lowest BCUT2D eigenvalue weighted by molar-refractivity contribution is -0.142. The van der Waals surface area contributed by atoms with E-state index < -0.39 is 0 Å². The second-order valence-electron chi connectivity index (χ2n) is 6.22. The van der Waals surface area contributed by atoms with E-state index in [1.165, 1.54) is 0 Å². The molecule has 1 aromatic carbocycles. The molecule has 0 spiro atoms. The average Bonchev–Trinajstić information content (AvgIpc) is 2.91. The number of halogens is 1. The summed E-state index contributed by atoms with van der Waals surface area (Å²) in [6.45, 7) is 1.93. The molecule has 2 aromatic rings. The number of ether oxygens (including phenoxy) is 1. The molecule has 0 unspecified atom stereocenters. The molecule has 3 heterocycles. The predicted molar refractivity (Wildman–Crippen MR) is 86.9 cm³/mol. The molecule has 0 N–H and O–H groups in total. The van der Waals surface area contributed by atoms with Crippen molar-refractivity contribution >= 4 is 17.5 Å². The van der Waals surface area contributed by atoms with E-state index in [0.717, 1.165) is 25.8 Å². The molecule has 4 rings (SSSR count). The summed E-state index contributed by atoms with van der Waals surface area (Å²) in [6, 6.07) is 7.38. The topological polar surface area (TPSA) is 73.1 Å². The van der Waals surface area contributed by atoms with Crippen LogP contribution in [0.3, 0.4) is 0 Å². The molecule has 2 aliphatic heterocycles. The lowest BCUT2D eigenvalue weighted by Gasteiger charge is -2.40. The first-order valence-electron chi connectivity index (χ1n) is 8.18. The molecule has 7 nitrogen and oxygen atoms in total. The Morgan fingerprint density at radius 3 is 2.92 bits per heavy atom. The molecule has 1 amide bonds. The molecule has 24 heavy (non-hydrogen) atoms. The molecule has 2 aliphatic rings. The first-order chi connectivity index (χ1) is 11.7. The van der Waals surface area contributed by atoms with Crippen LogP contribution in [0.1, 0.15) is 31.0 Å². The highest BCUT2D eigenvalue weighted by molar-refractivity contribution is 6.32. The van der Waals surface area contributed by atoms with Gasteiger partial charge in [0.2, 0.25) is 5.91 Å². The highest BCUT2D eigenvalue weighted by Gasteiger charge is 2.38. The number of nitrogens with zero attached hydrogens (tertiary/aromatic N) is 5. The Hall–Kier alpha value is -2.15. The summed E-state index contributed by atoms with van der Waals surface area (Å²) in [5.41, 5.74) is 0. The molecule has 126 valence electrons. The van der Waals surface area contributed by atoms with Crippen molar-refractivity contribution in [2.24, 2.45) is 0 Å². The molecule has 0 bridgehead atoms. The summed E-state index contributed by atoms with van der Waals surface area (Å²) in [5, 5.41) is 12.3. The first-order valence-corrected chi connectivity index (χ1v) is 8.56. The van der Waals surface area contributed by atoms with Crippen molar-refractivity contribution in [3.8, 4) is 5.75 Å². The zero-order valence-electron chi connectivity index (χ0n) is 13.1. The summed E-state index contributed by atoms with van der Waals surface area (Å²) in [6.07, 6.45) is 2.77. The number of para-hydroxylation sites is 1. The predicted octanol–water partition coefficient (Wildman–Crippen LogP) is 1.88. The lowest BCUT2D eigenvalue weighted by atomic mass is 9.98. The number of hydrogen-bond donors (Lipinski definition) is 0. The number of aromatic nitrogens is 4. The van der Waals surface area contributed by atoms with Crippen LogP contribution in [-0.2, 0) is 11.3 Å². The van der Waals surface area contributed by atoms with Gasteiger partial charge in [0.25, 0.3) is 0 Å². The highest BCUT2D eigenvalue weighted by atomic mass is 35.5. The van der Waals surface area contributed by atoms with E-state index in [-0.39, 0.29) is 17.9 Å². The molecule has 1 saturated heterocycles. The zero-order chi connectivity index (χ0) is 16.5.